The van der Waals surface area contributed by atoms with Crippen molar-refractivity contribution >= 4 is 27.3 Å². The fourth-order valence-electron chi connectivity index (χ4n) is 2.35. The van der Waals surface area contributed by atoms with Gasteiger partial charge >= 0.3 is 0 Å². The second kappa shape index (κ2) is 6.54. The molecule has 1 heterocycles. The molecule has 1 aromatic heterocycles. The standard InChI is InChI=1S/C18H17ClN2O3S/c1-11-7-8-17(16(19)9-11)25(22,23)21-15-6-4-5-14(10-15)18-20-12(2)13(3)24-18/h4-10,21H,1-3H3. The Balaban J connectivity index is 1.94. The molecule has 0 saturated heterocycles. The van der Waals surface area contributed by atoms with Crippen LogP contribution in [0, 0.1) is 20.8 Å². The summed E-state index contributed by atoms with van der Waals surface area (Å²) in [5, 5.41) is 0.183. The monoisotopic (exact) mass is 376 g/mol. The number of nitrogens with one attached hydrogen (secondary N) is 1. The summed E-state index contributed by atoms with van der Waals surface area (Å²) < 4.78 is 33.3. The van der Waals surface area contributed by atoms with Gasteiger partial charge in [-0.25, -0.2) is 13.4 Å². The minimum absolute atomic E-state index is 0.0352. The molecule has 0 amide bonds. The Morgan fingerprint density at radius 2 is 1.84 bits per heavy atom. The molecule has 0 radical (unpaired) electrons. The van der Waals surface area contributed by atoms with E-state index in [1.807, 2.05) is 20.8 Å². The van der Waals surface area contributed by atoms with Crippen molar-refractivity contribution in [3.63, 3.8) is 0 Å². The van der Waals surface area contributed by atoms with Crippen LogP contribution < -0.4 is 4.72 Å². The topological polar surface area (TPSA) is 72.2 Å². The van der Waals surface area contributed by atoms with Crippen molar-refractivity contribution in [2.45, 2.75) is 25.7 Å². The van der Waals surface area contributed by atoms with E-state index in [0.717, 1.165) is 17.0 Å². The summed E-state index contributed by atoms with van der Waals surface area (Å²) in [6, 6.07) is 11.7. The normalized spacial score (nSPS) is 11.5. The van der Waals surface area contributed by atoms with Crippen molar-refractivity contribution in [1.82, 2.24) is 4.98 Å². The number of halogens is 1. The van der Waals surface area contributed by atoms with Gasteiger partial charge < -0.3 is 4.42 Å². The number of hydrogen-bond donors (Lipinski definition) is 1. The molecule has 2 aromatic carbocycles. The van der Waals surface area contributed by atoms with Crippen LogP contribution in [0.1, 0.15) is 17.0 Å². The number of aromatic nitrogens is 1. The first-order valence-electron chi connectivity index (χ1n) is 7.60. The predicted octanol–water partition coefficient (Wildman–Crippen LogP) is 4.72. The van der Waals surface area contributed by atoms with Gasteiger partial charge in [0.2, 0.25) is 5.89 Å². The summed E-state index contributed by atoms with van der Waals surface area (Å²) in [4.78, 5) is 4.37. The van der Waals surface area contributed by atoms with Crippen molar-refractivity contribution in [2.24, 2.45) is 0 Å². The van der Waals surface area contributed by atoms with Crippen LogP contribution in [0.4, 0.5) is 5.69 Å². The van der Waals surface area contributed by atoms with E-state index in [2.05, 4.69) is 9.71 Å². The highest BCUT2D eigenvalue weighted by Gasteiger charge is 2.18. The maximum absolute atomic E-state index is 12.6. The minimum Gasteiger partial charge on any atom is -0.441 e. The molecule has 25 heavy (non-hydrogen) atoms. The Bertz CT molecular complexity index is 1020. The minimum atomic E-state index is -3.80. The third-order valence-corrected chi connectivity index (χ3v) is 5.63. The van der Waals surface area contributed by atoms with Gasteiger partial charge in [0, 0.05) is 11.3 Å². The maximum atomic E-state index is 12.6. The largest absolute Gasteiger partial charge is 0.441 e. The van der Waals surface area contributed by atoms with E-state index in [4.69, 9.17) is 16.0 Å². The van der Waals surface area contributed by atoms with E-state index in [0.29, 0.717) is 17.1 Å². The zero-order valence-electron chi connectivity index (χ0n) is 14.0. The fourth-order valence-corrected chi connectivity index (χ4v) is 4.00. The highest BCUT2D eigenvalue weighted by Crippen LogP contribution is 2.27. The molecule has 0 aliphatic heterocycles. The van der Waals surface area contributed by atoms with Gasteiger partial charge in [0.25, 0.3) is 10.0 Å². The van der Waals surface area contributed by atoms with E-state index in [9.17, 15) is 8.42 Å². The molecular weight excluding hydrogens is 360 g/mol. The molecular formula is C18H17ClN2O3S. The van der Waals surface area contributed by atoms with Crippen molar-refractivity contribution < 1.29 is 12.8 Å². The second-order valence-electron chi connectivity index (χ2n) is 5.78. The van der Waals surface area contributed by atoms with Crippen molar-refractivity contribution in [3.05, 3.63) is 64.5 Å². The lowest BCUT2D eigenvalue weighted by molar-refractivity contribution is 0.541. The zero-order chi connectivity index (χ0) is 18.2. The third-order valence-electron chi connectivity index (χ3n) is 3.77. The average molecular weight is 377 g/mol. The molecule has 130 valence electrons. The molecule has 3 rings (SSSR count). The smallest absolute Gasteiger partial charge is 0.263 e. The number of rotatable bonds is 4. The molecule has 0 unspecified atom stereocenters. The van der Waals surface area contributed by atoms with E-state index in [-0.39, 0.29) is 9.92 Å². The maximum Gasteiger partial charge on any atom is 0.263 e. The lowest BCUT2D eigenvalue weighted by atomic mass is 10.2. The number of sulfonamides is 1. The number of hydrogen-bond acceptors (Lipinski definition) is 4. The number of oxazole rings is 1. The molecule has 7 heteroatoms. The second-order valence-corrected chi connectivity index (χ2v) is 7.84. The first kappa shape index (κ1) is 17.5. The Morgan fingerprint density at radius 1 is 1.08 bits per heavy atom. The lowest BCUT2D eigenvalue weighted by Crippen LogP contribution is -2.13. The van der Waals surface area contributed by atoms with Gasteiger partial charge in [0.15, 0.2) is 0 Å². The Hall–Kier alpha value is -2.31. The van der Waals surface area contributed by atoms with Gasteiger partial charge in [-0.3, -0.25) is 4.72 Å². The van der Waals surface area contributed by atoms with Gasteiger partial charge in [-0.15, -0.1) is 0 Å². The van der Waals surface area contributed by atoms with Crippen LogP contribution in [0.2, 0.25) is 5.02 Å². The molecule has 0 saturated carbocycles. The van der Waals surface area contributed by atoms with Crippen LogP contribution in [-0.2, 0) is 10.0 Å². The summed E-state index contributed by atoms with van der Waals surface area (Å²) in [7, 11) is -3.80. The van der Waals surface area contributed by atoms with Crippen molar-refractivity contribution in [1.29, 1.82) is 0 Å². The molecule has 0 aliphatic rings. The molecule has 0 bridgehead atoms. The molecule has 0 aliphatic carbocycles. The fraction of sp³-hybridized carbons (Fsp3) is 0.167. The summed E-state index contributed by atoms with van der Waals surface area (Å²) in [5.74, 6) is 1.18. The summed E-state index contributed by atoms with van der Waals surface area (Å²) in [6.07, 6.45) is 0. The van der Waals surface area contributed by atoms with Crippen LogP contribution in [-0.4, -0.2) is 13.4 Å². The van der Waals surface area contributed by atoms with Gasteiger partial charge in [-0.2, -0.15) is 0 Å². The summed E-state index contributed by atoms with van der Waals surface area (Å²) >= 11 is 6.08. The van der Waals surface area contributed by atoms with Gasteiger partial charge in [0.05, 0.1) is 10.7 Å². The number of nitrogens with zero attached hydrogens (tertiary/aromatic N) is 1. The predicted molar refractivity (Wildman–Crippen MR) is 98.4 cm³/mol. The van der Waals surface area contributed by atoms with Crippen LogP contribution >= 0.6 is 11.6 Å². The Morgan fingerprint density at radius 3 is 2.48 bits per heavy atom. The molecule has 0 fully saturated rings. The SMILES string of the molecule is Cc1ccc(S(=O)(=O)Nc2cccc(-c3nc(C)c(C)o3)c2)c(Cl)c1. The van der Waals surface area contributed by atoms with Crippen LogP contribution in [0.15, 0.2) is 51.8 Å². The van der Waals surface area contributed by atoms with Gasteiger partial charge in [-0.05, 0) is 56.7 Å². The highest BCUT2D eigenvalue weighted by molar-refractivity contribution is 7.92. The Labute approximate surface area is 151 Å². The average Bonchev–Trinajstić information content (AvgIpc) is 2.86. The summed E-state index contributed by atoms with van der Waals surface area (Å²) in [6.45, 7) is 5.53. The quantitative estimate of drug-likeness (QED) is 0.715. The first-order valence-corrected chi connectivity index (χ1v) is 9.46. The van der Waals surface area contributed by atoms with E-state index >= 15 is 0 Å². The molecule has 0 atom stereocenters. The van der Waals surface area contributed by atoms with E-state index < -0.39 is 10.0 Å². The Kier molecular flexibility index (Phi) is 4.58. The molecule has 1 N–H and O–H groups in total. The lowest BCUT2D eigenvalue weighted by Gasteiger charge is -2.10. The number of benzene rings is 2. The molecule has 3 aromatic rings. The zero-order valence-corrected chi connectivity index (χ0v) is 15.6. The first-order chi connectivity index (χ1) is 11.8. The number of anilines is 1. The van der Waals surface area contributed by atoms with E-state index in [1.165, 1.54) is 6.07 Å². The number of aryl methyl sites for hydroxylation is 3. The van der Waals surface area contributed by atoms with Crippen molar-refractivity contribution in [3.8, 4) is 11.5 Å². The molecule has 0 spiro atoms. The highest BCUT2D eigenvalue weighted by atomic mass is 35.5. The van der Waals surface area contributed by atoms with Gasteiger partial charge in [-0.1, -0.05) is 23.7 Å². The van der Waals surface area contributed by atoms with Crippen LogP contribution in [0.25, 0.3) is 11.5 Å². The third kappa shape index (κ3) is 3.70. The summed E-state index contributed by atoms with van der Waals surface area (Å²) in [5.41, 5.74) is 2.78. The van der Waals surface area contributed by atoms with Gasteiger partial charge in [0.1, 0.15) is 10.7 Å². The van der Waals surface area contributed by atoms with E-state index in [1.54, 1.807) is 36.4 Å². The molecule has 5 nitrogen and oxygen atoms in total. The van der Waals surface area contributed by atoms with Crippen LogP contribution in [0.5, 0.6) is 0 Å². The van der Waals surface area contributed by atoms with Crippen molar-refractivity contribution in [2.75, 3.05) is 4.72 Å². The van der Waals surface area contributed by atoms with Crippen LogP contribution in [0.3, 0.4) is 0 Å².